The van der Waals surface area contributed by atoms with Crippen molar-refractivity contribution in [3.05, 3.63) is 36.0 Å². The maximum atomic E-state index is 10.9. The van der Waals surface area contributed by atoms with Gasteiger partial charge in [0.05, 0.1) is 6.61 Å². The van der Waals surface area contributed by atoms with Gasteiger partial charge in [0.2, 0.25) is 0 Å². The minimum atomic E-state index is -0.693. The van der Waals surface area contributed by atoms with Crippen LogP contribution in [0.2, 0.25) is 0 Å². The fraction of sp³-hybridized carbons (Fsp3) is 0.630. The highest BCUT2D eigenvalue weighted by Gasteiger charge is 2.33. The number of fused-ring (bicyclic) bond motifs is 1. The summed E-state index contributed by atoms with van der Waals surface area (Å²) in [6.45, 7) is 11.5. The normalized spacial score (nSPS) is 16.6. The summed E-state index contributed by atoms with van der Waals surface area (Å²) >= 11 is 0. The maximum Gasteiger partial charge on any atom is 0.404 e. The Morgan fingerprint density at radius 2 is 2.00 bits per heavy atom. The molecule has 1 aromatic heterocycles. The molecule has 0 spiro atoms. The highest BCUT2D eigenvalue weighted by Crippen LogP contribution is 2.33. The van der Waals surface area contributed by atoms with Crippen LogP contribution in [-0.4, -0.2) is 47.8 Å². The fourth-order valence-electron chi connectivity index (χ4n) is 4.93. The van der Waals surface area contributed by atoms with Gasteiger partial charge in [0, 0.05) is 30.7 Å². The van der Waals surface area contributed by atoms with E-state index in [4.69, 9.17) is 15.2 Å². The van der Waals surface area contributed by atoms with Gasteiger partial charge in [-0.1, -0.05) is 40.2 Å². The Labute approximate surface area is 198 Å². The third-order valence-corrected chi connectivity index (χ3v) is 6.63. The van der Waals surface area contributed by atoms with Crippen molar-refractivity contribution >= 4 is 17.0 Å². The SMILES string of the molecule is CCCCc1cc(OC2CCN(C(CCCOC(N)=O)C(C)(C)C)CC2)c2ncccc2c1. The monoisotopic (exact) mass is 455 g/mol. The number of likely N-dealkylation sites (tertiary alicyclic amines) is 1. The number of aromatic nitrogens is 1. The van der Waals surface area contributed by atoms with E-state index in [-0.39, 0.29) is 11.5 Å². The van der Waals surface area contributed by atoms with Crippen molar-refractivity contribution in [2.24, 2.45) is 11.1 Å². The van der Waals surface area contributed by atoms with E-state index in [0.717, 1.165) is 61.8 Å². The molecule has 1 atom stereocenters. The van der Waals surface area contributed by atoms with Crippen LogP contribution in [0.3, 0.4) is 0 Å². The van der Waals surface area contributed by atoms with Crippen LogP contribution < -0.4 is 10.5 Å². The second-order valence-corrected chi connectivity index (χ2v) is 10.3. The number of rotatable bonds is 10. The van der Waals surface area contributed by atoms with Crippen molar-refractivity contribution in [1.29, 1.82) is 0 Å². The summed E-state index contributed by atoms with van der Waals surface area (Å²) in [4.78, 5) is 18.1. The molecule has 33 heavy (non-hydrogen) atoms. The van der Waals surface area contributed by atoms with E-state index in [1.54, 1.807) is 0 Å². The number of primary amides is 1. The molecular weight excluding hydrogens is 414 g/mol. The van der Waals surface area contributed by atoms with Crippen molar-refractivity contribution in [1.82, 2.24) is 9.88 Å². The molecule has 6 heteroatoms. The van der Waals surface area contributed by atoms with Crippen molar-refractivity contribution in [2.75, 3.05) is 19.7 Å². The molecule has 1 aromatic carbocycles. The van der Waals surface area contributed by atoms with Crippen LogP contribution in [0.15, 0.2) is 30.5 Å². The maximum absolute atomic E-state index is 10.9. The van der Waals surface area contributed by atoms with E-state index in [1.165, 1.54) is 18.4 Å². The van der Waals surface area contributed by atoms with Crippen molar-refractivity contribution in [3.8, 4) is 5.75 Å². The topological polar surface area (TPSA) is 77.7 Å². The van der Waals surface area contributed by atoms with Gasteiger partial charge in [0.15, 0.2) is 0 Å². The zero-order chi connectivity index (χ0) is 23.8. The minimum absolute atomic E-state index is 0.147. The number of ether oxygens (including phenoxy) is 2. The van der Waals surface area contributed by atoms with Crippen LogP contribution in [0.5, 0.6) is 5.75 Å². The van der Waals surface area contributed by atoms with Gasteiger partial charge >= 0.3 is 6.09 Å². The van der Waals surface area contributed by atoms with Gasteiger partial charge in [-0.3, -0.25) is 9.88 Å². The Balaban J connectivity index is 1.63. The molecule has 1 unspecified atom stereocenters. The predicted molar refractivity (Wildman–Crippen MR) is 134 cm³/mol. The number of aryl methyl sites for hydroxylation is 1. The van der Waals surface area contributed by atoms with E-state index in [2.05, 4.69) is 55.8 Å². The number of hydrogen-bond acceptors (Lipinski definition) is 5. The largest absolute Gasteiger partial charge is 0.488 e. The van der Waals surface area contributed by atoms with E-state index in [9.17, 15) is 4.79 Å². The van der Waals surface area contributed by atoms with Crippen molar-refractivity contribution in [3.63, 3.8) is 0 Å². The van der Waals surface area contributed by atoms with E-state index in [1.807, 2.05) is 12.3 Å². The van der Waals surface area contributed by atoms with Crippen LogP contribution in [0.1, 0.15) is 71.8 Å². The van der Waals surface area contributed by atoms with Crippen LogP contribution in [-0.2, 0) is 11.2 Å². The second kappa shape index (κ2) is 11.7. The molecule has 0 saturated carbocycles. The first-order valence-corrected chi connectivity index (χ1v) is 12.5. The number of nitrogens with two attached hydrogens (primary N) is 1. The number of pyridine rings is 1. The van der Waals surface area contributed by atoms with Gasteiger partial charge < -0.3 is 15.2 Å². The molecule has 2 heterocycles. The van der Waals surface area contributed by atoms with Crippen LogP contribution in [0.25, 0.3) is 10.9 Å². The van der Waals surface area contributed by atoms with Crippen LogP contribution >= 0.6 is 0 Å². The Morgan fingerprint density at radius 3 is 2.67 bits per heavy atom. The van der Waals surface area contributed by atoms with Gasteiger partial charge in [-0.2, -0.15) is 0 Å². The Kier molecular flexibility index (Phi) is 8.95. The lowest BCUT2D eigenvalue weighted by Crippen LogP contribution is -2.49. The lowest BCUT2D eigenvalue weighted by molar-refractivity contribution is 0.0290. The molecule has 6 nitrogen and oxygen atoms in total. The minimum Gasteiger partial charge on any atom is -0.488 e. The average molecular weight is 456 g/mol. The van der Waals surface area contributed by atoms with E-state index >= 15 is 0 Å². The Hall–Kier alpha value is -2.34. The first kappa shape index (κ1) is 25.3. The quantitative estimate of drug-likeness (QED) is 0.464. The predicted octanol–water partition coefficient (Wildman–Crippen LogP) is 5.71. The summed E-state index contributed by atoms with van der Waals surface area (Å²) < 4.78 is 11.5. The number of unbranched alkanes of at least 4 members (excludes halogenated alkanes) is 1. The fourth-order valence-corrected chi connectivity index (χ4v) is 4.93. The molecule has 2 N–H and O–H groups in total. The molecule has 1 saturated heterocycles. The zero-order valence-electron chi connectivity index (χ0n) is 20.8. The number of amides is 1. The molecule has 182 valence electrons. The number of piperidine rings is 1. The molecule has 1 aliphatic heterocycles. The number of nitrogens with zero attached hydrogens (tertiary/aromatic N) is 2. The number of hydrogen-bond donors (Lipinski definition) is 1. The number of carbonyl (C=O) groups is 1. The van der Waals surface area contributed by atoms with E-state index in [0.29, 0.717) is 12.6 Å². The first-order valence-electron chi connectivity index (χ1n) is 12.5. The molecular formula is C27H41N3O3. The van der Waals surface area contributed by atoms with Gasteiger partial charge in [-0.15, -0.1) is 0 Å². The molecule has 0 aliphatic carbocycles. The Bertz CT molecular complexity index is 901. The first-order chi connectivity index (χ1) is 15.8. The lowest BCUT2D eigenvalue weighted by Gasteiger charge is -2.43. The Morgan fingerprint density at radius 1 is 1.24 bits per heavy atom. The summed E-state index contributed by atoms with van der Waals surface area (Å²) in [6.07, 6.45) is 8.59. The summed E-state index contributed by atoms with van der Waals surface area (Å²) in [7, 11) is 0. The molecule has 1 amide bonds. The number of carbonyl (C=O) groups excluding carboxylic acids is 1. The molecule has 2 aromatic rings. The summed E-state index contributed by atoms with van der Waals surface area (Å²) in [5.74, 6) is 0.925. The van der Waals surface area contributed by atoms with Crippen LogP contribution in [0, 0.1) is 5.41 Å². The van der Waals surface area contributed by atoms with Crippen molar-refractivity contribution in [2.45, 2.75) is 84.8 Å². The molecule has 1 aliphatic rings. The molecule has 1 fully saturated rings. The van der Waals surface area contributed by atoms with Gasteiger partial charge in [0.25, 0.3) is 0 Å². The molecule has 0 bridgehead atoms. The molecule has 0 radical (unpaired) electrons. The van der Waals surface area contributed by atoms with Gasteiger partial charge in [-0.05, 0) is 67.7 Å². The second-order valence-electron chi connectivity index (χ2n) is 10.3. The van der Waals surface area contributed by atoms with Gasteiger partial charge in [-0.25, -0.2) is 4.79 Å². The highest BCUT2D eigenvalue weighted by molar-refractivity contribution is 5.85. The summed E-state index contributed by atoms with van der Waals surface area (Å²) in [5, 5.41) is 1.16. The smallest absolute Gasteiger partial charge is 0.404 e. The van der Waals surface area contributed by atoms with Crippen molar-refractivity contribution < 1.29 is 14.3 Å². The van der Waals surface area contributed by atoms with Crippen LogP contribution in [0.4, 0.5) is 4.79 Å². The molecule has 3 rings (SSSR count). The third-order valence-electron chi connectivity index (χ3n) is 6.63. The standard InChI is InChI=1S/C27H41N3O3/c1-5-6-9-20-18-21-10-7-14-29-25(21)23(19-20)33-22-12-15-30(16-13-22)24(27(2,3)4)11-8-17-32-26(28)31/h7,10,14,18-19,22,24H,5-6,8-9,11-13,15-17H2,1-4H3,(H2,28,31). The van der Waals surface area contributed by atoms with E-state index < -0.39 is 6.09 Å². The number of benzene rings is 1. The van der Waals surface area contributed by atoms with Gasteiger partial charge in [0.1, 0.15) is 17.4 Å². The zero-order valence-corrected chi connectivity index (χ0v) is 20.8. The average Bonchev–Trinajstić information content (AvgIpc) is 2.77. The summed E-state index contributed by atoms with van der Waals surface area (Å²) in [5.41, 5.74) is 7.53. The summed E-state index contributed by atoms with van der Waals surface area (Å²) in [6, 6.07) is 9.00. The lowest BCUT2D eigenvalue weighted by atomic mass is 9.82. The highest BCUT2D eigenvalue weighted by atomic mass is 16.5. The third kappa shape index (κ3) is 7.32.